The molecular formula is C33H63P. The standard InChI is InChI=1S/C33H63P/c1-5-8-11-14-16-20-25-32-30(23-18-13-10-7-3)27-28-31(24-19-15-12-9-6-2)33(32)26-21-17-22-29-34-4/h16,20,27-28,30-34H,5-15,17-19,21-26,29H2,1-4H3/b20-16+. The highest BCUT2D eigenvalue weighted by atomic mass is 31.1. The third-order valence-corrected chi connectivity index (χ3v) is 9.15. The second-order valence-electron chi connectivity index (χ2n) is 11.2. The lowest BCUT2D eigenvalue weighted by molar-refractivity contribution is 0.160. The van der Waals surface area contributed by atoms with Gasteiger partial charge in [-0.25, -0.2) is 0 Å². The van der Waals surface area contributed by atoms with Crippen molar-refractivity contribution in [1.29, 1.82) is 0 Å². The summed E-state index contributed by atoms with van der Waals surface area (Å²) in [5, 5.41) is 0. The predicted octanol–water partition coefficient (Wildman–Crippen LogP) is 11.7. The van der Waals surface area contributed by atoms with Gasteiger partial charge in [-0.3, -0.25) is 0 Å². The van der Waals surface area contributed by atoms with Crippen LogP contribution in [0.4, 0.5) is 0 Å². The molecule has 34 heavy (non-hydrogen) atoms. The van der Waals surface area contributed by atoms with Crippen molar-refractivity contribution in [2.24, 2.45) is 23.7 Å². The van der Waals surface area contributed by atoms with E-state index in [2.05, 4.69) is 51.7 Å². The molecule has 0 aromatic carbocycles. The maximum atomic E-state index is 2.71. The number of hydrogen-bond acceptors (Lipinski definition) is 0. The molecule has 0 radical (unpaired) electrons. The van der Waals surface area contributed by atoms with Gasteiger partial charge < -0.3 is 0 Å². The van der Waals surface area contributed by atoms with Crippen molar-refractivity contribution in [2.75, 3.05) is 12.8 Å². The van der Waals surface area contributed by atoms with E-state index >= 15 is 0 Å². The van der Waals surface area contributed by atoms with Crippen LogP contribution < -0.4 is 0 Å². The first kappa shape index (κ1) is 31.9. The Labute approximate surface area is 218 Å². The van der Waals surface area contributed by atoms with Crippen molar-refractivity contribution in [3.05, 3.63) is 24.3 Å². The Bertz CT molecular complexity index is 479. The second-order valence-corrected chi connectivity index (χ2v) is 12.5. The van der Waals surface area contributed by atoms with Gasteiger partial charge in [0.15, 0.2) is 0 Å². The van der Waals surface area contributed by atoms with Crippen LogP contribution in [0.25, 0.3) is 0 Å². The van der Waals surface area contributed by atoms with Crippen LogP contribution in [0.15, 0.2) is 24.3 Å². The minimum absolute atomic E-state index is 0.829. The molecule has 1 aliphatic carbocycles. The highest BCUT2D eigenvalue weighted by Gasteiger charge is 2.34. The van der Waals surface area contributed by atoms with Crippen LogP contribution in [0.2, 0.25) is 0 Å². The van der Waals surface area contributed by atoms with Gasteiger partial charge in [-0.15, -0.1) is 8.58 Å². The minimum Gasteiger partial charge on any atom is -0.125 e. The van der Waals surface area contributed by atoms with E-state index in [0.29, 0.717) is 0 Å². The summed E-state index contributed by atoms with van der Waals surface area (Å²) in [6, 6.07) is 0. The van der Waals surface area contributed by atoms with E-state index in [-0.39, 0.29) is 0 Å². The first-order chi connectivity index (χ1) is 16.8. The Morgan fingerprint density at radius 2 is 1.09 bits per heavy atom. The molecule has 1 rings (SSSR count). The smallest absolute Gasteiger partial charge is 0.0199 e. The third-order valence-electron chi connectivity index (χ3n) is 8.30. The van der Waals surface area contributed by atoms with E-state index in [1.807, 2.05) is 0 Å². The molecule has 0 saturated heterocycles. The average Bonchev–Trinajstić information content (AvgIpc) is 2.85. The van der Waals surface area contributed by atoms with Gasteiger partial charge in [-0.05, 0) is 81.4 Å². The lowest BCUT2D eigenvalue weighted by Crippen LogP contribution is -2.31. The minimum atomic E-state index is 0.829. The van der Waals surface area contributed by atoms with Gasteiger partial charge in [0.1, 0.15) is 0 Å². The first-order valence-corrected chi connectivity index (χ1v) is 17.5. The van der Waals surface area contributed by atoms with E-state index in [9.17, 15) is 0 Å². The highest BCUT2D eigenvalue weighted by Crippen LogP contribution is 2.44. The predicted molar refractivity (Wildman–Crippen MR) is 161 cm³/mol. The van der Waals surface area contributed by atoms with Crippen LogP contribution in [0.5, 0.6) is 0 Å². The van der Waals surface area contributed by atoms with E-state index in [0.717, 1.165) is 32.3 Å². The molecule has 0 aromatic heterocycles. The van der Waals surface area contributed by atoms with Gasteiger partial charge in [0.2, 0.25) is 0 Å². The lowest BCUT2D eigenvalue weighted by Gasteiger charge is -2.40. The Kier molecular flexibility index (Phi) is 21.9. The van der Waals surface area contributed by atoms with Gasteiger partial charge in [-0.1, -0.05) is 129 Å². The molecule has 200 valence electrons. The van der Waals surface area contributed by atoms with Crippen LogP contribution in [0.1, 0.15) is 149 Å². The van der Waals surface area contributed by atoms with E-state index in [1.54, 1.807) is 0 Å². The lowest BCUT2D eigenvalue weighted by atomic mass is 9.65. The summed E-state index contributed by atoms with van der Waals surface area (Å²) >= 11 is 0. The maximum absolute atomic E-state index is 2.71. The molecule has 5 unspecified atom stereocenters. The summed E-state index contributed by atoms with van der Waals surface area (Å²) in [7, 11) is 1.14. The molecule has 0 saturated carbocycles. The molecule has 5 atom stereocenters. The van der Waals surface area contributed by atoms with Gasteiger partial charge in [0.25, 0.3) is 0 Å². The third kappa shape index (κ3) is 15.1. The zero-order valence-corrected chi connectivity index (χ0v) is 25.0. The van der Waals surface area contributed by atoms with Crippen LogP contribution >= 0.6 is 8.58 Å². The van der Waals surface area contributed by atoms with E-state index in [4.69, 9.17) is 0 Å². The molecule has 0 spiro atoms. The molecule has 0 N–H and O–H groups in total. The normalized spacial score (nSPS) is 23.1. The molecule has 1 heteroatoms. The first-order valence-electron chi connectivity index (χ1n) is 15.8. The molecule has 0 heterocycles. The summed E-state index contributed by atoms with van der Waals surface area (Å²) in [5.74, 6) is 3.50. The zero-order valence-electron chi connectivity index (χ0n) is 24.0. The van der Waals surface area contributed by atoms with Gasteiger partial charge in [0, 0.05) is 0 Å². The Balaban J connectivity index is 2.82. The van der Waals surface area contributed by atoms with Gasteiger partial charge in [-0.2, -0.15) is 0 Å². The molecule has 0 fully saturated rings. The van der Waals surface area contributed by atoms with E-state index in [1.165, 1.54) is 135 Å². The summed E-state index contributed by atoms with van der Waals surface area (Å²) in [6.45, 7) is 9.36. The van der Waals surface area contributed by atoms with Gasteiger partial charge in [0.05, 0.1) is 0 Å². The van der Waals surface area contributed by atoms with E-state index < -0.39 is 0 Å². The van der Waals surface area contributed by atoms with Crippen molar-refractivity contribution >= 4 is 8.58 Å². The van der Waals surface area contributed by atoms with Crippen molar-refractivity contribution in [3.63, 3.8) is 0 Å². The van der Waals surface area contributed by atoms with Crippen molar-refractivity contribution in [3.8, 4) is 0 Å². The number of rotatable bonds is 23. The van der Waals surface area contributed by atoms with Crippen molar-refractivity contribution < 1.29 is 0 Å². The monoisotopic (exact) mass is 490 g/mol. The van der Waals surface area contributed by atoms with Crippen molar-refractivity contribution in [2.45, 2.75) is 149 Å². The highest BCUT2D eigenvalue weighted by molar-refractivity contribution is 7.36. The molecule has 0 aromatic rings. The summed E-state index contributed by atoms with van der Waals surface area (Å²) < 4.78 is 0. The number of unbranched alkanes of at least 4 members (excludes halogenated alkanes) is 12. The molecule has 1 aliphatic rings. The second kappa shape index (κ2) is 23.3. The summed E-state index contributed by atoms with van der Waals surface area (Å²) in [5.41, 5.74) is 0. The average molecular weight is 491 g/mol. The largest absolute Gasteiger partial charge is 0.125 e. The molecule has 0 amide bonds. The molecule has 0 bridgehead atoms. The Morgan fingerprint density at radius 1 is 0.559 bits per heavy atom. The fourth-order valence-corrected chi connectivity index (χ4v) is 6.74. The zero-order chi connectivity index (χ0) is 24.7. The summed E-state index contributed by atoms with van der Waals surface area (Å²) in [4.78, 5) is 0. The van der Waals surface area contributed by atoms with Crippen LogP contribution in [-0.2, 0) is 0 Å². The molecule has 0 nitrogen and oxygen atoms in total. The topological polar surface area (TPSA) is 0 Å². The Hall–Kier alpha value is -0.0900. The number of hydrogen-bond donors (Lipinski definition) is 0. The SMILES string of the molecule is CCCCC/C=C/CC1C(CCCCCC)C=CC(CCCCCCC)C1CCCCCPC. The Morgan fingerprint density at radius 3 is 1.74 bits per heavy atom. The van der Waals surface area contributed by atoms with Crippen LogP contribution in [0.3, 0.4) is 0 Å². The fourth-order valence-electron chi connectivity index (χ4n) is 6.14. The van der Waals surface area contributed by atoms with Crippen LogP contribution in [0, 0.1) is 23.7 Å². The van der Waals surface area contributed by atoms with Gasteiger partial charge >= 0.3 is 0 Å². The quantitative estimate of drug-likeness (QED) is 0.0758. The fraction of sp³-hybridized carbons (Fsp3) is 0.879. The molecule has 0 aliphatic heterocycles. The van der Waals surface area contributed by atoms with Crippen molar-refractivity contribution in [1.82, 2.24) is 0 Å². The molecular weight excluding hydrogens is 427 g/mol. The maximum Gasteiger partial charge on any atom is -0.0199 e. The summed E-state index contributed by atoms with van der Waals surface area (Å²) in [6.07, 6.45) is 40.2. The number of allylic oxidation sites excluding steroid dienone is 4. The van der Waals surface area contributed by atoms with Crippen LogP contribution in [-0.4, -0.2) is 12.8 Å².